The van der Waals surface area contributed by atoms with Crippen molar-refractivity contribution in [3.05, 3.63) is 25.3 Å². The summed E-state index contributed by atoms with van der Waals surface area (Å²) in [7, 11) is 0. The molecule has 32 heavy (non-hydrogen) atoms. The van der Waals surface area contributed by atoms with E-state index in [4.69, 9.17) is 9.47 Å². The maximum Gasteiger partial charge on any atom is 0.313 e. The average Bonchev–Trinajstić information content (AvgIpc) is 3.39. The first-order chi connectivity index (χ1) is 15.4. The number of carbonyl (C=O) groups is 3. The van der Waals surface area contributed by atoms with Crippen LogP contribution in [0.15, 0.2) is 25.3 Å². The minimum atomic E-state index is -1.09. The minimum absolute atomic E-state index is 0.0140. The van der Waals surface area contributed by atoms with Crippen LogP contribution in [0.1, 0.15) is 46.0 Å². The number of β-amino-alcohol motifs (C(OH)–C–C–N with tert-alkyl or cyclic N) is 1. The molecule has 3 aliphatic rings. The monoisotopic (exact) mass is 448 g/mol. The first-order valence-electron chi connectivity index (χ1n) is 11.7. The number of carbonyl (C=O) groups excluding carboxylic acids is 3. The maximum absolute atomic E-state index is 13.8. The highest BCUT2D eigenvalue weighted by Crippen LogP contribution is 2.64. The molecule has 2 amide bonds. The standard InChI is InChI=1S/C24H36N2O6/c1-5-9-13-25(12-6-2)21(29)19-24-11-10-23(8-4,32-24)18(22(30)31-16-7-3)17(24)20(28)26(19)14-15-27/h6-7,17-19,27H,2-3,5,8-16H2,1,4H3/t17-,18-,19?,23+,24?/m0/s1. The lowest BCUT2D eigenvalue weighted by Gasteiger charge is -2.36. The van der Waals surface area contributed by atoms with Gasteiger partial charge in [-0.05, 0) is 25.7 Å². The Bertz CT molecular complexity index is 770. The molecule has 5 atom stereocenters. The van der Waals surface area contributed by atoms with Crippen molar-refractivity contribution in [1.82, 2.24) is 9.80 Å². The smallest absolute Gasteiger partial charge is 0.313 e. The molecule has 3 fully saturated rings. The predicted octanol–water partition coefficient (Wildman–Crippen LogP) is 1.68. The van der Waals surface area contributed by atoms with E-state index in [1.165, 1.54) is 11.0 Å². The molecule has 3 rings (SSSR count). The summed E-state index contributed by atoms with van der Waals surface area (Å²) in [6, 6.07) is -0.880. The van der Waals surface area contributed by atoms with Gasteiger partial charge in [-0.1, -0.05) is 39.0 Å². The van der Waals surface area contributed by atoms with Crippen molar-refractivity contribution in [3.63, 3.8) is 0 Å². The summed E-state index contributed by atoms with van der Waals surface area (Å²) in [6.45, 7) is 12.0. The van der Waals surface area contributed by atoms with E-state index in [0.717, 1.165) is 12.8 Å². The van der Waals surface area contributed by atoms with E-state index < -0.39 is 35.0 Å². The zero-order chi connectivity index (χ0) is 23.5. The van der Waals surface area contributed by atoms with Gasteiger partial charge in [-0.2, -0.15) is 0 Å². The lowest BCUT2D eigenvalue weighted by Crippen LogP contribution is -2.56. The van der Waals surface area contributed by atoms with Gasteiger partial charge in [-0.25, -0.2) is 0 Å². The normalized spacial score (nSPS) is 32.7. The molecular weight excluding hydrogens is 412 g/mol. The van der Waals surface area contributed by atoms with Gasteiger partial charge in [0.15, 0.2) is 0 Å². The number of ether oxygens (including phenoxy) is 2. The Hall–Kier alpha value is -2.19. The first-order valence-corrected chi connectivity index (χ1v) is 11.7. The van der Waals surface area contributed by atoms with E-state index in [0.29, 0.717) is 32.4 Å². The van der Waals surface area contributed by atoms with Crippen LogP contribution < -0.4 is 0 Å². The number of esters is 1. The SMILES string of the molecule is C=CCOC(=O)[C@@H]1[C@H]2C(=O)N(CCO)C(C(=O)N(CC=C)CCCC)C23CC[C@@]1(CC)O3. The predicted molar refractivity (Wildman–Crippen MR) is 118 cm³/mol. The second-order valence-corrected chi connectivity index (χ2v) is 8.93. The number of unbranched alkanes of at least 4 members (excludes halogenated alkanes) is 1. The number of aliphatic hydroxyl groups is 1. The molecule has 0 aliphatic carbocycles. The van der Waals surface area contributed by atoms with Gasteiger partial charge < -0.3 is 24.4 Å². The first kappa shape index (κ1) is 24.5. The second kappa shape index (κ2) is 9.75. The molecule has 8 heteroatoms. The summed E-state index contributed by atoms with van der Waals surface area (Å²) >= 11 is 0. The van der Waals surface area contributed by atoms with Crippen molar-refractivity contribution in [1.29, 1.82) is 0 Å². The van der Waals surface area contributed by atoms with E-state index in [1.54, 1.807) is 11.0 Å². The van der Waals surface area contributed by atoms with Gasteiger partial charge in [0.05, 0.1) is 18.1 Å². The summed E-state index contributed by atoms with van der Waals surface area (Å²) in [5.41, 5.74) is -1.92. The Morgan fingerprint density at radius 2 is 2.06 bits per heavy atom. The number of aliphatic hydroxyl groups excluding tert-OH is 1. The molecule has 1 N–H and O–H groups in total. The third kappa shape index (κ3) is 3.67. The van der Waals surface area contributed by atoms with Gasteiger partial charge in [0, 0.05) is 19.6 Å². The molecule has 0 aromatic heterocycles. The van der Waals surface area contributed by atoms with Crippen molar-refractivity contribution < 1.29 is 29.0 Å². The summed E-state index contributed by atoms with van der Waals surface area (Å²) in [6.07, 6.45) is 6.54. The molecule has 0 aromatic rings. The molecule has 0 saturated carbocycles. The number of rotatable bonds is 12. The lowest BCUT2D eigenvalue weighted by molar-refractivity contribution is -0.161. The highest BCUT2D eigenvalue weighted by atomic mass is 16.6. The van der Waals surface area contributed by atoms with Crippen molar-refractivity contribution in [2.45, 2.75) is 63.2 Å². The highest BCUT2D eigenvalue weighted by molar-refractivity contribution is 5.98. The van der Waals surface area contributed by atoms with E-state index in [1.807, 2.05) is 6.92 Å². The molecular formula is C24H36N2O6. The van der Waals surface area contributed by atoms with Gasteiger partial charge in [-0.15, -0.1) is 6.58 Å². The van der Waals surface area contributed by atoms with Crippen LogP contribution in [-0.4, -0.2) is 82.8 Å². The van der Waals surface area contributed by atoms with Gasteiger partial charge >= 0.3 is 5.97 Å². The fourth-order valence-electron chi connectivity index (χ4n) is 5.90. The van der Waals surface area contributed by atoms with Crippen LogP contribution >= 0.6 is 0 Å². The van der Waals surface area contributed by atoms with E-state index >= 15 is 0 Å². The molecule has 2 bridgehead atoms. The third-order valence-corrected chi connectivity index (χ3v) is 7.30. The number of nitrogens with zero attached hydrogens (tertiary/aromatic N) is 2. The zero-order valence-corrected chi connectivity index (χ0v) is 19.3. The van der Waals surface area contributed by atoms with E-state index in [9.17, 15) is 19.5 Å². The summed E-state index contributed by atoms with van der Waals surface area (Å²) < 4.78 is 12.0. The minimum Gasteiger partial charge on any atom is -0.461 e. The number of hydrogen-bond acceptors (Lipinski definition) is 6. The van der Waals surface area contributed by atoms with Crippen molar-refractivity contribution in [2.24, 2.45) is 11.8 Å². The number of hydrogen-bond donors (Lipinski definition) is 1. The molecule has 2 unspecified atom stereocenters. The molecule has 3 heterocycles. The van der Waals surface area contributed by atoms with Crippen LogP contribution in [0.2, 0.25) is 0 Å². The van der Waals surface area contributed by atoms with Gasteiger partial charge in [0.2, 0.25) is 11.8 Å². The Balaban J connectivity index is 2.04. The average molecular weight is 449 g/mol. The van der Waals surface area contributed by atoms with Crippen LogP contribution in [0, 0.1) is 11.8 Å². The quantitative estimate of drug-likeness (QED) is 0.360. The molecule has 3 aliphatic heterocycles. The second-order valence-electron chi connectivity index (χ2n) is 8.93. The van der Waals surface area contributed by atoms with E-state index in [2.05, 4.69) is 20.1 Å². The third-order valence-electron chi connectivity index (χ3n) is 7.30. The van der Waals surface area contributed by atoms with E-state index in [-0.39, 0.29) is 31.6 Å². The molecule has 8 nitrogen and oxygen atoms in total. The van der Waals surface area contributed by atoms with Crippen LogP contribution in [0.3, 0.4) is 0 Å². The number of amides is 2. The topological polar surface area (TPSA) is 96.4 Å². The van der Waals surface area contributed by atoms with Crippen molar-refractivity contribution in [3.8, 4) is 0 Å². The van der Waals surface area contributed by atoms with Crippen molar-refractivity contribution in [2.75, 3.05) is 32.8 Å². The Kier molecular flexibility index (Phi) is 7.45. The van der Waals surface area contributed by atoms with Crippen LogP contribution in [-0.2, 0) is 23.9 Å². The van der Waals surface area contributed by atoms with Gasteiger partial charge in [-0.3, -0.25) is 14.4 Å². The van der Waals surface area contributed by atoms with Crippen LogP contribution in [0.4, 0.5) is 0 Å². The molecule has 3 saturated heterocycles. The van der Waals surface area contributed by atoms with Crippen LogP contribution in [0.25, 0.3) is 0 Å². The molecule has 0 aromatic carbocycles. The lowest BCUT2D eigenvalue weighted by atomic mass is 9.65. The van der Waals surface area contributed by atoms with Gasteiger partial charge in [0.25, 0.3) is 0 Å². The summed E-state index contributed by atoms with van der Waals surface area (Å²) in [4.78, 5) is 43.7. The fraction of sp³-hybridized carbons (Fsp3) is 0.708. The van der Waals surface area contributed by atoms with Gasteiger partial charge in [0.1, 0.15) is 24.2 Å². The Labute approximate surface area is 190 Å². The fourth-order valence-corrected chi connectivity index (χ4v) is 5.90. The zero-order valence-electron chi connectivity index (χ0n) is 19.3. The molecule has 1 spiro atoms. The largest absolute Gasteiger partial charge is 0.461 e. The Morgan fingerprint density at radius 3 is 2.66 bits per heavy atom. The van der Waals surface area contributed by atoms with Crippen molar-refractivity contribution >= 4 is 17.8 Å². The Morgan fingerprint density at radius 1 is 1.31 bits per heavy atom. The summed E-state index contributed by atoms with van der Waals surface area (Å²) in [5, 5.41) is 9.67. The molecule has 178 valence electrons. The number of likely N-dealkylation sites (tertiary alicyclic amines) is 1. The molecule has 0 radical (unpaired) electrons. The maximum atomic E-state index is 13.8. The number of fused-ring (bicyclic) bond motifs is 1. The van der Waals surface area contributed by atoms with Crippen LogP contribution in [0.5, 0.6) is 0 Å². The summed E-state index contributed by atoms with van der Waals surface area (Å²) in [5.74, 6) is -2.60. The highest BCUT2D eigenvalue weighted by Gasteiger charge is 2.79.